The van der Waals surface area contributed by atoms with Crippen LogP contribution in [0.5, 0.6) is 5.75 Å². The van der Waals surface area contributed by atoms with Crippen LogP contribution in [0.2, 0.25) is 0 Å². The van der Waals surface area contributed by atoms with Gasteiger partial charge in [0.25, 0.3) is 0 Å². The number of aromatic amines is 1. The van der Waals surface area contributed by atoms with E-state index in [1.807, 2.05) is 0 Å². The number of ether oxygens (including phenoxy) is 1. The molecule has 0 unspecified atom stereocenters. The van der Waals surface area contributed by atoms with E-state index in [4.69, 9.17) is 4.74 Å². The highest BCUT2D eigenvalue weighted by atomic mass is 16.5. The maximum absolute atomic E-state index is 12.3. The topological polar surface area (TPSA) is 89.1 Å². The lowest BCUT2D eigenvalue weighted by molar-refractivity contribution is -0.131. The molecule has 1 N–H and O–H groups in total. The predicted molar refractivity (Wildman–Crippen MR) is 63.2 cm³/mol. The van der Waals surface area contributed by atoms with Gasteiger partial charge in [-0.25, -0.2) is 0 Å². The van der Waals surface area contributed by atoms with E-state index in [0.717, 1.165) is 0 Å². The molecule has 0 bridgehead atoms. The third-order valence-electron chi connectivity index (χ3n) is 2.86. The van der Waals surface area contributed by atoms with E-state index in [1.54, 1.807) is 6.07 Å². The second-order valence-electron chi connectivity index (χ2n) is 4.09. The normalized spacial score (nSPS) is 12.9. The van der Waals surface area contributed by atoms with Crippen LogP contribution in [0, 0.1) is 0 Å². The molecule has 3 rings (SSSR count). The first kappa shape index (κ1) is 11.3. The van der Waals surface area contributed by atoms with Crippen molar-refractivity contribution in [2.45, 2.75) is 6.92 Å². The molecule has 0 amide bonds. The Morgan fingerprint density at radius 2 is 2.00 bits per heavy atom. The van der Waals surface area contributed by atoms with Crippen molar-refractivity contribution in [3.63, 3.8) is 0 Å². The van der Waals surface area contributed by atoms with Gasteiger partial charge in [-0.1, -0.05) is 12.1 Å². The van der Waals surface area contributed by atoms with E-state index >= 15 is 0 Å². The van der Waals surface area contributed by atoms with E-state index < -0.39 is 11.8 Å². The number of hydrogen-bond acceptors (Lipinski definition) is 5. The number of fused-ring (bicyclic) bond motifs is 2. The van der Waals surface area contributed by atoms with E-state index in [2.05, 4.69) is 10.2 Å². The van der Waals surface area contributed by atoms with Gasteiger partial charge in [0.05, 0.1) is 17.3 Å². The smallest absolute Gasteiger partial charge is 0.308 e. The highest BCUT2D eigenvalue weighted by Gasteiger charge is 2.34. The summed E-state index contributed by atoms with van der Waals surface area (Å²) in [5.74, 6) is -1.18. The number of benzene rings is 1. The third-order valence-corrected chi connectivity index (χ3v) is 2.86. The minimum atomic E-state index is -0.552. The number of nitrogens with one attached hydrogen (secondary N) is 1. The number of esters is 1. The van der Waals surface area contributed by atoms with Gasteiger partial charge in [-0.05, 0) is 6.07 Å². The average Bonchev–Trinajstić information content (AvgIpc) is 2.84. The van der Waals surface area contributed by atoms with E-state index in [-0.39, 0.29) is 33.9 Å². The van der Waals surface area contributed by atoms with Gasteiger partial charge >= 0.3 is 5.97 Å². The number of nitrogens with zero attached hydrogens (tertiary/aromatic N) is 1. The van der Waals surface area contributed by atoms with Gasteiger partial charge < -0.3 is 4.74 Å². The van der Waals surface area contributed by atoms with Crippen LogP contribution in [-0.2, 0) is 4.79 Å². The van der Waals surface area contributed by atoms with Crippen LogP contribution in [0.25, 0.3) is 0 Å². The molecule has 0 spiro atoms. The van der Waals surface area contributed by atoms with Gasteiger partial charge in [0, 0.05) is 12.5 Å². The highest BCUT2D eigenvalue weighted by Crippen LogP contribution is 2.32. The summed E-state index contributed by atoms with van der Waals surface area (Å²) in [5, 5.41) is 6.20. The second-order valence-corrected chi connectivity index (χ2v) is 4.09. The molecule has 1 aromatic carbocycles. The summed E-state index contributed by atoms with van der Waals surface area (Å²) < 4.78 is 4.98. The fourth-order valence-corrected chi connectivity index (χ4v) is 2.10. The van der Waals surface area contributed by atoms with Crippen molar-refractivity contribution in [2.75, 3.05) is 0 Å². The highest BCUT2D eigenvalue weighted by molar-refractivity contribution is 6.28. The molecule has 0 radical (unpaired) electrons. The number of aromatic nitrogens is 2. The maximum Gasteiger partial charge on any atom is 0.308 e. The van der Waals surface area contributed by atoms with Gasteiger partial charge in [0.2, 0.25) is 5.78 Å². The van der Waals surface area contributed by atoms with Gasteiger partial charge in [0.1, 0.15) is 11.4 Å². The van der Waals surface area contributed by atoms with E-state index in [9.17, 15) is 14.4 Å². The van der Waals surface area contributed by atoms with Crippen LogP contribution in [0.3, 0.4) is 0 Å². The Labute approximate surface area is 107 Å². The van der Waals surface area contributed by atoms with Crippen LogP contribution in [0.15, 0.2) is 24.4 Å². The van der Waals surface area contributed by atoms with Crippen LogP contribution < -0.4 is 4.74 Å². The Hall–Kier alpha value is -2.76. The molecule has 6 nitrogen and oxygen atoms in total. The van der Waals surface area contributed by atoms with Crippen molar-refractivity contribution in [3.05, 3.63) is 46.8 Å². The fraction of sp³-hybridized carbons (Fsp3) is 0.0769. The van der Waals surface area contributed by atoms with E-state index in [1.165, 1.54) is 25.3 Å². The molecule has 0 atom stereocenters. The number of carbonyl (C=O) groups excluding carboxylic acids is 3. The molecule has 6 heteroatoms. The molecular weight excluding hydrogens is 248 g/mol. The Morgan fingerprint density at radius 3 is 2.74 bits per heavy atom. The number of carbonyl (C=O) groups is 3. The Morgan fingerprint density at radius 1 is 1.21 bits per heavy atom. The zero-order valence-corrected chi connectivity index (χ0v) is 9.89. The molecule has 94 valence electrons. The zero-order valence-electron chi connectivity index (χ0n) is 9.89. The molecule has 1 aliphatic rings. The van der Waals surface area contributed by atoms with Crippen molar-refractivity contribution in [2.24, 2.45) is 0 Å². The monoisotopic (exact) mass is 256 g/mol. The predicted octanol–water partition coefficient (Wildman–Crippen LogP) is 1.11. The van der Waals surface area contributed by atoms with Gasteiger partial charge in [0.15, 0.2) is 5.78 Å². The van der Waals surface area contributed by atoms with Crippen molar-refractivity contribution >= 4 is 17.5 Å². The quantitative estimate of drug-likeness (QED) is 0.520. The lowest BCUT2D eigenvalue weighted by Crippen LogP contribution is -2.21. The SMILES string of the molecule is CC(=O)Oc1cccc2c1C(=O)c1[nH]ncc1C2=O. The second kappa shape index (κ2) is 3.88. The summed E-state index contributed by atoms with van der Waals surface area (Å²) in [7, 11) is 0. The van der Waals surface area contributed by atoms with Crippen molar-refractivity contribution in [3.8, 4) is 5.75 Å². The molecule has 0 fully saturated rings. The zero-order chi connectivity index (χ0) is 13.6. The van der Waals surface area contributed by atoms with Crippen molar-refractivity contribution in [1.29, 1.82) is 0 Å². The minimum absolute atomic E-state index is 0.0867. The molecule has 1 aliphatic carbocycles. The van der Waals surface area contributed by atoms with Crippen LogP contribution in [-0.4, -0.2) is 27.7 Å². The number of H-pyrrole nitrogens is 1. The Balaban J connectivity index is 2.24. The first-order chi connectivity index (χ1) is 9.09. The fourth-order valence-electron chi connectivity index (χ4n) is 2.10. The van der Waals surface area contributed by atoms with E-state index in [0.29, 0.717) is 0 Å². The van der Waals surface area contributed by atoms with Gasteiger partial charge in [-0.3, -0.25) is 19.5 Å². The standard InChI is InChI=1S/C13H8N2O4/c1-6(16)19-9-4-2-3-7-10(9)13(18)11-8(12(7)17)5-14-15-11/h2-5H,1H3,(H,14,15). The Bertz CT molecular complexity index is 730. The molecule has 0 saturated carbocycles. The van der Waals surface area contributed by atoms with Crippen LogP contribution >= 0.6 is 0 Å². The maximum atomic E-state index is 12.3. The third kappa shape index (κ3) is 1.57. The number of hydrogen-bond donors (Lipinski definition) is 1. The van der Waals surface area contributed by atoms with Crippen LogP contribution in [0.1, 0.15) is 38.9 Å². The number of ketones is 2. The summed E-state index contributed by atoms with van der Waals surface area (Å²) >= 11 is 0. The molecule has 1 aromatic heterocycles. The summed E-state index contributed by atoms with van der Waals surface area (Å²) in [6.45, 7) is 1.23. The van der Waals surface area contributed by atoms with Crippen LogP contribution in [0.4, 0.5) is 0 Å². The summed E-state index contributed by atoms with van der Waals surface area (Å²) in [6.07, 6.45) is 1.32. The molecule has 2 aromatic rings. The minimum Gasteiger partial charge on any atom is -0.426 e. The molecular formula is C13H8N2O4. The summed E-state index contributed by atoms with van der Waals surface area (Å²) in [6, 6.07) is 4.57. The van der Waals surface area contributed by atoms with Crippen molar-refractivity contribution < 1.29 is 19.1 Å². The average molecular weight is 256 g/mol. The first-order valence-corrected chi connectivity index (χ1v) is 5.54. The molecule has 0 aliphatic heterocycles. The summed E-state index contributed by atoms with van der Waals surface area (Å²) in [5.41, 5.74) is 0.673. The van der Waals surface area contributed by atoms with Crippen molar-refractivity contribution in [1.82, 2.24) is 10.2 Å². The number of rotatable bonds is 1. The molecule has 1 heterocycles. The van der Waals surface area contributed by atoms with Gasteiger partial charge in [-0.2, -0.15) is 5.10 Å². The lowest BCUT2D eigenvalue weighted by Gasteiger charge is -2.16. The molecule has 19 heavy (non-hydrogen) atoms. The largest absolute Gasteiger partial charge is 0.426 e. The summed E-state index contributed by atoms with van der Waals surface area (Å²) in [4.78, 5) is 35.5. The van der Waals surface area contributed by atoms with Gasteiger partial charge in [-0.15, -0.1) is 0 Å². The lowest BCUT2D eigenvalue weighted by atomic mass is 9.88. The molecule has 0 saturated heterocycles. The first-order valence-electron chi connectivity index (χ1n) is 5.54. The Kier molecular flexibility index (Phi) is 2.31.